The molecule has 0 atom stereocenters. The zero-order valence-electron chi connectivity index (χ0n) is 15.0. The van der Waals surface area contributed by atoms with Crippen molar-refractivity contribution in [2.24, 2.45) is 5.73 Å². The number of nitrogens with one attached hydrogen (secondary N) is 2. The Morgan fingerprint density at radius 3 is 2.81 bits per heavy atom. The van der Waals surface area contributed by atoms with Crippen LogP contribution in [0, 0.1) is 25.2 Å². The summed E-state index contributed by atoms with van der Waals surface area (Å²) in [6.45, 7) is 3.57. The molecule has 1 aliphatic rings. The Labute approximate surface area is 161 Å². The van der Waals surface area contributed by atoms with E-state index in [1.54, 1.807) is 43.8 Å². The van der Waals surface area contributed by atoms with Gasteiger partial charge in [0, 0.05) is 23.1 Å². The summed E-state index contributed by atoms with van der Waals surface area (Å²) >= 11 is 1.59. The molecule has 0 radical (unpaired) electrons. The number of anilines is 2. The number of aromatic nitrogens is 1. The molecule has 0 aliphatic carbocycles. The van der Waals surface area contributed by atoms with Gasteiger partial charge in [-0.3, -0.25) is 4.79 Å². The first-order chi connectivity index (χ1) is 12.9. The second-order valence-corrected chi connectivity index (χ2v) is 7.07. The number of nitrogens with two attached hydrogens (primary N) is 2. The van der Waals surface area contributed by atoms with Crippen LogP contribution in [0.4, 0.5) is 11.4 Å². The van der Waals surface area contributed by atoms with Crippen molar-refractivity contribution >= 4 is 41.0 Å². The molecule has 1 amide bonds. The monoisotopic (exact) mass is 379 g/mol. The quantitative estimate of drug-likeness (QED) is 0.586. The maximum atomic E-state index is 12.7. The Hall–Kier alpha value is -3.31. The van der Waals surface area contributed by atoms with Crippen molar-refractivity contribution in [3.05, 3.63) is 57.2 Å². The summed E-state index contributed by atoms with van der Waals surface area (Å²) in [4.78, 5) is 20.8. The maximum Gasteiger partial charge on any atom is 0.274 e. The minimum absolute atomic E-state index is 0.278. The number of rotatable bonds is 3. The third-order valence-corrected chi connectivity index (χ3v) is 5.35. The zero-order chi connectivity index (χ0) is 19.6. The zero-order valence-corrected chi connectivity index (χ0v) is 15.8. The molecule has 7 nitrogen and oxygen atoms in total. The first-order valence-electron chi connectivity index (χ1n) is 8.19. The summed E-state index contributed by atoms with van der Waals surface area (Å²) in [5.41, 5.74) is 16.8. The van der Waals surface area contributed by atoms with Crippen LogP contribution in [0.5, 0.6) is 0 Å². The van der Waals surface area contributed by atoms with E-state index < -0.39 is 0 Å². The molecule has 0 spiro atoms. The molecule has 0 saturated heterocycles. The highest BCUT2D eigenvalue weighted by molar-refractivity contribution is 8.04. The normalized spacial score (nSPS) is 14.7. The molecule has 27 heavy (non-hydrogen) atoms. The standard InChI is InChI=1S/C19H18N6OS/c1-10-11(2)18(24-7-12(10)6-20)19(26)25-13-3-4-15(21)14(5-13)17(22)16-8-23-9-27-16/h3-5,7-8H,9,21-22H2,1-2H3,(H,25,26)/p+1/b17-16-. The molecule has 2 aromatic rings. The van der Waals surface area contributed by atoms with E-state index >= 15 is 0 Å². The molecule has 0 bridgehead atoms. The van der Waals surface area contributed by atoms with Crippen molar-refractivity contribution in [1.82, 2.24) is 4.98 Å². The summed E-state index contributed by atoms with van der Waals surface area (Å²) in [5, 5.41) is 11.9. The largest absolute Gasteiger partial charge is 0.398 e. The molecule has 1 aromatic carbocycles. The number of allylic oxidation sites excluding steroid dienone is 1. The number of hydrogen-bond donors (Lipinski definition) is 4. The molecular formula is C19H19N6OS+. The predicted octanol–water partition coefficient (Wildman–Crippen LogP) is 0.888. The average Bonchev–Trinajstić information content (AvgIpc) is 3.19. The van der Waals surface area contributed by atoms with Gasteiger partial charge in [-0.05, 0) is 54.9 Å². The molecule has 0 fully saturated rings. The van der Waals surface area contributed by atoms with E-state index in [-0.39, 0.29) is 11.6 Å². The molecule has 3 rings (SSSR count). The van der Waals surface area contributed by atoms with E-state index in [1.807, 2.05) is 6.21 Å². The van der Waals surface area contributed by atoms with Gasteiger partial charge in [0.25, 0.3) is 5.91 Å². The number of thioether (sulfide) groups is 1. The fourth-order valence-corrected chi connectivity index (χ4v) is 3.44. The van der Waals surface area contributed by atoms with Crippen LogP contribution in [0.1, 0.15) is 32.7 Å². The number of nitriles is 1. The lowest BCUT2D eigenvalue weighted by atomic mass is 10.0. The average molecular weight is 379 g/mol. The van der Waals surface area contributed by atoms with Crippen LogP contribution < -0.4 is 21.8 Å². The highest BCUT2D eigenvalue weighted by Gasteiger charge is 2.18. The molecule has 0 unspecified atom stereocenters. The number of pyridine rings is 1. The molecular weight excluding hydrogens is 360 g/mol. The van der Waals surface area contributed by atoms with Gasteiger partial charge < -0.3 is 16.8 Å². The molecule has 6 N–H and O–H groups in total. The maximum absolute atomic E-state index is 12.7. The van der Waals surface area contributed by atoms with Crippen LogP contribution in [-0.2, 0) is 0 Å². The number of hydrogen-bond acceptors (Lipinski definition) is 6. The second kappa shape index (κ2) is 7.51. The molecule has 0 saturated carbocycles. The third-order valence-electron chi connectivity index (χ3n) is 4.39. The minimum atomic E-state index is -0.356. The molecule has 8 heteroatoms. The van der Waals surface area contributed by atoms with Crippen LogP contribution in [0.2, 0.25) is 0 Å². The number of carbonyl (C=O) groups excluding carboxylic acids is 1. The Morgan fingerprint density at radius 1 is 1.37 bits per heavy atom. The lowest BCUT2D eigenvalue weighted by Gasteiger charge is -2.12. The van der Waals surface area contributed by atoms with E-state index in [0.29, 0.717) is 33.8 Å². The van der Waals surface area contributed by atoms with Crippen LogP contribution in [0.15, 0.2) is 29.3 Å². The highest BCUT2D eigenvalue weighted by atomic mass is 32.2. The van der Waals surface area contributed by atoms with E-state index in [2.05, 4.69) is 21.4 Å². The van der Waals surface area contributed by atoms with Gasteiger partial charge in [-0.1, -0.05) is 0 Å². The minimum Gasteiger partial charge on any atom is -0.398 e. The van der Waals surface area contributed by atoms with Crippen molar-refractivity contribution in [1.29, 1.82) is 5.26 Å². The van der Waals surface area contributed by atoms with Gasteiger partial charge >= 0.3 is 0 Å². The number of nitrogens with zero attached hydrogens (tertiary/aromatic N) is 2. The summed E-state index contributed by atoms with van der Waals surface area (Å²) in [6, 6.07) is 7.23. The number of benzene rings is 1. The van der Waals surface area contributed by atoms with Crippen molar-refractivity contribution in [3.63, 3.8) is 0 Å². The molecule has 136 valence electrons. The Bertz CT molecular complexity index is 1040. The second-order valence-electron chi connectivity index (χ2n) is 6.05. The SMILES string of the molecule is Cc1c(C#N)cnc(C(=O)Nc2ccc(N)c(/C(N)=C3\C=[NH+]CS3)c2)c1C. The van der Waals surface area contributed by atoms with Gasteiger partial charge in [0.2, 0.25) is 0 Å². The molecule has 1 aliphatic heterocycles. The van der Waals surface area contributed by atoms with Crippen LogP contribution in [0.25, 0.3) is 5.70 Å². The van der Waals surface area contributed by atoms with Crippen molar-refractivity contribution in [3.8, 4) is 6.07 Å². The van der Waals surface area contributed by atoms with Gasteiger partial charge in [-0.15, -0.1) is 0 Å². The number of nitrogen functional groups attached to an aromatic ring is 1. The predicted molar refractivity (Wildman–Crippen MR) is 108 cm³/mol. The van der Waals surface area contributed by atoms with Crippen molar-refractivity contribution in [2.45, 2.75) is 13.8 Å². The summed E-state index contributed by atoms with van der Waals surface area (Å²) < 4.78 is 0. The van der Waals surface area contributed by atoms with E-state index in [1.165, 1.54) is 6.20 Å². The fourth-order valence-electron chi connectivity index (χ4n) is 2.69. The lowest BCUT2D eigenvalue weighted by molar-refractivity contribution is -0.422. The van der Waals surface area contributed by atoms with Crippen molar-refractivity contribution < 1.29 is 9.79 Å². The lowest BCUT2D eigenvalue weighted by Crippen LogP contribution is -2.64. The van der Waals surface area contributed by atoms with Gasteiger partial charge in [0.15, 0.2) is 12.1 Å². The first-order valence-corrected chi connectivity index (χ1v) is 9.17. The Morgan fingerprint density at radius 2 is 2.15 bits per heavy atom. The first kappa shape index (κ1) is 18.5. The summed E-state index contributed by atoms with van der Waals surface area (Å²) in [5.74, 6) is 0.403. The summed E-state index contributed by atoms with van der Waals surface area (Å²) in [7, 11) is 0. The van der Waals surface area contributed by atoms with E-state index in [9.17, 15) is 4.79 Å². The summed E-state index contributed by atoms with van der Waals surface area (Å²) in [6.07, 6.45) is 3.26. The van der Waals surface area contributed by atoms with Gasteiger partial charge in [-0.25, -0.2) is 9.98 Å². The van der Waals surface area contributed by atoms with Crippen LogP contribution >= 0.6 is 11.8 Å². The number of carbonyl (C=O) groups is 1. The van der Waals surface area contributed by atoms with Crippen LogP contribution in [-0.4, -0.2) is 23.0 Å². The highest BCUT2D eigenvalue weighted by Crippen LogP contribution is 2.28. The van der Waals surface area contributed by atoms with Crippen LogP contribution in [0.3, 0.4) is 0 Å². The van der Waals surface area contributed by atoms with Gasteiger partial charge in [0.05, 0.1) is 11.3 Å². The smallest absolute Gasteiger partial charge is 0.274 e. The van der Waals surface area contributed by atoms with Crippen molar-refractivity contribution in [2.75, 3.05) is 16.9 Å². The molecule has 2 heterocycles. The number of amides is 1. The third kappa shape index (κ3) is 3.64. The Balaban J connectivity index is 1.91. The Kier molecular flexibility index (Phi) is 5.14. The fraction of sp³-hybridized carbons (Fsp3) is 0.158. The molecule has 1 aromatic heterocycles. The van der Waals surface area contributed by atoms with Gasteiger partial charge in [-0.2, -0.15) is 5.26 Å². The van der Waals surface area contributed by atoms with Gasteiger partial charge in [0.1, 0.15) is 16.7 Å². The van der Waals surface area contributed by atoms with E-state index in [0.717, 1.165) is 16.3 Å². The topological polar surface area (TPSA) is 132 Å². The van der Waals surface area contributed by atoms with E-state index in [4.69, 9.17) is 16.7 Å².